The SMILES string of the molecule is CCC[N+](C)(CCC)COCC.COCC(=O)[O-]. The third-order valence-electron chi connectivity index (χ3n) is 2.40. The minimum Gasteiger partial charge on any atom is -0.548 e. The molecule has 5 heteroatoms. The van der Waals surface area contributed by atoms with Crippen molar-refractivity contribution < 1.29 is 23.9 Å². The Hall–Kier alpha value is -0.650. The molecule has 0 unspecified atom stereocenters. The van der Waals surface area contributed by atoms with Crippen LogP contribution < -0.4 is 5.11 Å². The lowest BCUT2D eigenvalue weighted by Crippen LogP contribution is -2.46. The summed E-state index contributed by atoms with van der Waals surface area (Å²) in [7, 11) is 3.58. The van der Waals surface area contributed by atoms with Gasteiger partial charge in [-0.25, -0.2) is 0 Å². The van der Waals surface area contributed by atoms with E-state index in [9.17, 15) is 9.90 Å². The quantitative estimate of drug-likeness (QED) is 0.452. The van der Waals surface area contributed by atoms with Gasteiger partial charge in [0.15, 0.2) is 6.73 Å². The number of carboxylic acids is 1. The first-order chi connectivity index (χ1) is 8.45. The van der Waals surface area contributed by atoms with Gasteiger partial charge in [-0.15, -0.1) is 0 Å². The van der Waals surface area contributed by atoms with Crippen molar-refractivity contribution in [1.29, 1.82) is 0 Å². The molecule has 0 aliphatic heterocycles. The lowest BCUT2D eigenvalue weighted by atomic mass is 10.3. The van der Waals surface area contributed by atoms with Crippen LogP contribution in [-0.2, 0) is 14.3 Å². The smallest absolute Gasteiger partial charge is 0.182 e. The van der Waals surface area contributed by atoms with Crippen molar-refractivity contribution in [3.63, 3.8) is 0 Å². The summed E-state index contributed by atoms with van der Waals surface area (Å²) < 4.78 is 10.7. The van der Waals surface area contributed by atoms with Crippen molar-refractivity contribution in [3.05, 3.63) is 0 Å². The second-order valence-electron chi connectivity index (χ2n) is 4.49. The number of hydrogen-bond acceptors (Lipinski definition) is 4. The van der Waals surface area contributed by atoms with Crippen LogP contribution >= 0.6 is 0 Å². The molecule has 0 fully saturated rings. The van der Waals surface area contributed by atoms with Gasteiger partial charge in [-0.3, -0.25) is 0 Å². The van der Waals surface area contributed by atoms with Crippen LogP contribution in [0.4, 0.5) is 0 Å². The van der Waals surface area contributed by atoms with Crippen molar-refractivity contribution in [2.24, 2.45) is 0 Å². The maximum absolute atomic E-state index is 9.36. The van der Waals surface area contributed by atoms with E-state index in [1.54, 1.807) is 0 Å². The van der Waals surface area contributed by atoms with Gasteiger partial charge >= 0.3 is 0 Å². The van der Waals surface area contributed by atoms with Crippen LogP contribution in [-0.4, -0.2) is 57.6 Å². The van der Waals surface area contributed by atoms with Crippen molar-refractivity contribution in [2.45, 2.75) is 33.6 Å². The van der Waals surface area contributed by atoms with Gasteiger partial charge in [-0.1, -0.05) is 13.8 Å². The average molecular weight is 263 g/mol. The van der Waals surface area contributed by atoms with Gasteiger partial charge in [0.05, 0.1) is 32.7 Å². The summed E-state index contributed by atoms with van der Waals surface area (Å²) in [6.45, 7) is 10.4. The predicted molar refractivity (Wildman–Crippen MR) is 69.9 cm³/mol. The zero-order valence-corrected chi connectivity index (χ0v) is 12.5. The standard InChI is InChI=1S/C10H24NO.C3H6O3/c1-5-8-11(4,9-6-2)10-12-7-3;1-6-2-3(4)5/h5-10H2,1-4H3;2H2,1H3,(H,4,5)/q+1;/p-1. The topological polar surface area (TPSA) is 58.6 Å². The number of nitrogens with zero attached hydrogens (tertiary/aromatic N) is 1. The average Bonchev–Trinajstić information content (AvgIpc) is 2.28. The van der Waals surface area contributed by atoms with Crippen LogP contribution in [0.2, 0.25) is 0 Å². The minimum atomic E-state index is -1.18. The van der Waals surface area contributed by atoms with Crippen LogP contribution in [0.3, 0.4) is 0 Å². The molecule has 18 heavy (non-hydrogen) atoms. The van der Waals surface area contributed by atoms with E-state index in [2.05, 4.69) is 32.6 Å². The van der Waals surface area contributed by atoms with Gasteiger partial charge in [-0.2, -0.15) is 0 Å². The number of ether oxygens (including phenoxy) is 2. The fourth-order valence-corrected chi connectivity index (χ4v) is 1.75. The Labute approximate surface area is 111 Å². The van der Waals surface area contributed by atoms with Crippen molar-refractivity contribution in [1.82, 2.24) is 0 Å². The van der Waals surface area contributed by atoms with Gasteiger partial charge < -0.3 is 23.9 Å². The molecule has 0 saturated heterocycles. The normalized spacial score (nSPS) is 10.7. The Morgan fingerprint density at radius 2 is 1.67 bits per heavy atom. The molecule has 110 valence electrons. The lowest BCUT2D eigenvalue weighted by Gasteiger charge is -2.33. The Kier molecular flexibility index (Phi) is 14.0. The molecule has 0 aliphatic carbocycles. The Balaban J connectivity index is 0. The summed E-state index contributed by atoms with van der Waals surface area (Å²) in [5.74, 6) is -1.18. The van der Waals surface area contributed by atoms with Gasteiger partial charge in [0, 0.05) is 13.7 Å². The third-order valence-corrected chi connectivity index (χ3v) is 2.40. The highest BCUT2D eigenvalue weighted by Gasteiger charge is 2.18. The van der Waals surface area contributed by atoms with Crippen LogP contribution in [0.25, 0.3) is 0 Å². The Bertz CT molecular complexity index is 191. The Morgan fingerprint density at radius 1 is 1.17 bits per heavy atom. The molecule has 0 aromatic carbocycles. The zero-order chi connectivity index (χ0) is 14.4. The van der Waals surface area contributed by atoms with Crippen LogP contribution in [0.15, 0.2) is 0 Å². The summed E-state index contributed by atoms with van der Waals surface area (Å²) >= 11 is 0. The van der Waals surface area contributed by atoms with Crippen molar-refractivity contribution in [2.75, 3.05) is 47.2 Å². The van der Waals surface area contributed by atoms with Gasteiger partial charge in [0.2, 0.25) is 0 Å². The maximum Gasteiger partial charge on any atom is 0.182 e. The first-order valence-electron chi connectivity index (χ1n) is 6.55. The fourth-order valence-electron chi connectivity index (χ4n) is 1.75. The van der Waals surface area contributed by atoms with Gasteiger partial charge in [0.1, 0.15) is 0 Å². The fraction of sp³-hybridized carbons (Fsp3) is 0.923. The molecule has 0 amide bonds. The second kappa shape index (κ2) is 12.8. The number of aliphatic carboxylic acids is 1. The zero-order valence-electron chi connectivity index (χ0n) is 12.5. The molecule has 0 saturated carbocycles. The maximum atomic E-state index is 9.36. The largest absolute Gasteiger partial charge is 0.548 e. The van der Waals surface area contributed by atoms with E-state index in [-0.39, 0.29) is 6.61 Å². The molecule has 0 atom stereocenters. The van der Waals surface area contributed by atoms with E-state index in [1.807, 2.05) is 0 Å². The van der Waals surface area contributed by atoms with E-state index in [4.69, 9.17) is 4.74 Å². The highest BCUT2D eigenvalue weighted by molar-refractivity contribution is 5.65. The van der Waals surface area contributed by atoms with Gasteiger partial charge in [-0.05, 0) is 19.8 Å². The molecule has 0 heterocycles. The number of rotatable bonds is 9. The molecule has 0 bridgehead atoms. The molecule has 0 N–H and O–H groups in total. The van der Waals surface area contributed by atoms with Gasteiger partial charge in [0.25, 0.3) is 0 Å². The summed E-state index contributed by atoms with van der Waals surface area (Å²) in [5.41, 5.74) is 0. The number of carboxylic acid groups (broad SMARTS) is 1. The summed E-state index contributed by atoms with van der Waals surface area (Å²) in [4.78, 5) is 9.36. The highest BCUT2D eigenvalue weighted by Crippen LogP contribution is 2.05. The van der Waals surface area contributed by atoms with Crippen LogP contribution in [0.5, 0.6) is 0 Å². The summed E-state index contributed by atoms with van der Waals surface area (Å²) in [5, 5.41) is 9.36. The molecule has 0 aromatic heterocycles. The van der Waals surface area contributed by atoms with E-state index in [1.165, 1.54) is 33.0 Å². The van der Waals surface area contributed by atoms with Crippen LogP contribution in [0.1, 0.15) is 33.6 Å². The second-order valence-corrected chi connectivity index (χ2v) is 4.49. The van der Waals surface area contributed by atoms with E-state index >= 15 is 0 Å². The number of methoxy groups -OCH3 is 1. The predicted octanol–water partition coefficient (Wildman–Crippen LogP) is 0.630. The number of quaternary nitrogens is 1. The summed E-state index contributed by atoms with van der Waals surface area (Å²) in [6.07, 6.45) is 2.48. The first kappa shape index (κ1) is 19.7. The Morgan fingerprint density at radius 3 is 1.89 bits per heavy atom. The molecule has 0 aliphatic rings. The minimum absolute atomic E-state index is 0.319. The lowest BCUT2D eigenvalue weighted by molar-refractivity contribution is -0.928. The highest BCUT2D eigenvalue weighted by atomic mass is 16.5. The summed E-state index contributed by atoms with van der Waals surface area (Å²) in [6, 6.07) is 0. The monoisotopic (exact) mass is 263 g/mol. The van der Waals surface area contributed by atoms with E-state index < -0.39 is 5.97 Å². The number of carbonyl (C=O) groups excluding carboxylic acids is 1. The van der Waals surface area contributed by atoms with E-state index in [0.717, 1.165) is 17.8 Å². The molecule has 0 radical (unpaired) electrons. The number of hydrogen-bond donors (Lipinski definition) is 0. The molecular formula is C13H29NO4. The molecule has 0 aromatic rings. The van der Waals surface area contributed by atoms with Crippen LogP contribution in [0, 0.1) is 0 Å². The first-order valence-corrected chi connectivity index (χ1v) is 6.55. The molecule has 0 spiro atoms. The van der Waals surface area contributed by atoms with Crippen molar-refractivity contribution >= 4 is 5.97 Å². The third kappa shape index (κ3) is 13.4. The molecule has 0 rings (SSSR count). The molecular weight excluding hydrogens is 234 g/mol. The number of carbonyl (C=O) groups is 1. The molecule has 5 nitrogen and oxygen atoms in total. The van der Waals surface area contributed by atoms with E-state index in [0.29, 0.717) is 0 Å². The van der Waals surface area contributed by atoms with Crippen molar-refractivity contribution in [3.8, 4) is 0 Å².